The number of benzene rings is 1. The van der Waals surface area contributed by atoms with Crippen molar-refractivity contribution in [2.75, 3.05) is 38.8 Å². The summed E-state index contributed by atoms with van der Waals surface area (Å²) in [5.74, 6) is 0. The summed E-state index contributed by atoms with van der Waals surface area (Å²) in [7, 11) is 3.84. The van der Waals surface area contributed by atoms with E-state index >= 15 is 0 Å². The summed E-state index contributed by atoms with van der Waals surface area (Å²) in [5.41, 5.74) is 8.06. The lowest BCUT2D eigenvalue weighted by Gasteiger charge is -2.19. The predicted octanol–water partition coefficient (Wildman–Crippen LogP) is 1.66. The highest BCUT2D eigenvalue weighted by Crippen LogP contribution is 2.14. The molecule has 0 saturated heterocycles. The van der Waals surface area contributed by atoms with E-state index in [4.69, 9.17) is 10.5 Å². The van der Waals surface area contributed by atoms with Gasteiger partial charge in [-0.15, -0.1) is 0 Å². The summed E-state index contributed by atoms with van der Waals surface area (Å²) < 4.78 is 5.04. The minimum atomic E-state index is 0.711. The molecule has 0 aliphatic rings. The Bertz CT molecular complexity index is 284. The first-order chi connectivity index (χ1) is 7.77. The number of anilines is 1. The molecule has 0 fully saturated rings. The van der Waals surface area contributed by atoms with E-state index in [9.17, 15) is 0 Å². The summed E-state index contributed by atoms with van der Waals surface area (Å²) in [6, 6.07) is 8.60. The molecule has 1 aromatic rings. The third-order valence-corrected chi connectivity index (χ3v) is 2.65. The Hall–Kier alpha value is -1.06. The maximum Gasteiger partial charge on any atom is 0.0479 e. The molecule has 0 heterocycles. The SMILES string of the molecule is COCCCN(C)c1ccc(CCN)cc1. The van der Waals surface area contributed by atoms with Gasteiger partial charge in [0.2, 0.25) is 0 Å². The molecule has 0 amide bonds. The number of rotatable bonds is 7. The topological polar surface area (TPSA) is 38.5 Å². The molecule has 3 heteroatoms. The average Bonchev–Trinajstić information content (AvgIpc) is 2.30. The normalized spacial score (nSPS) is 10.4. The molecule has 0 saturated carbocycles. The molecule has 16 heavy (non-hydrogen) atoms. The fourth-order valence-electron chi connectivity index (χ4n) is 1.66. The van der Waals surface area contributed by atoms with E-state index in [1.807, 2.05) is 0 Å². The van der Waals surface area contributed by atoms with E-state index in [2.05, 4.69) is 36.2 Å². The van der Waals surface area contributed by atoms with Gasteiger partial charge in [0.05, 0.1) is 0 Å². The van der Waals surface area contributed by atoms with Gasteiger partial charge in [-0.25, -0.2) is 0 Å². The fraction of sp³-hybridized carbons (Fsp3) is 0.538. The van der Waals surface area contributed by atoms with Gasteiger partial charge in [0.1, 0.15) is 0 Å². The number of hydrogen-bond acceptors (Lipinski definition) is 3. The van der Waals surface area contributed by atoms with E-state index in [1.165, 1.54) is 11.3 Å². The zero-order valence-corrected chi connectivity index (χ0v) is 10.3. The Kier molecular flexibility index (Phi) is 5.90. The second kappa shape index (κ2) is 7.25. The molecule has 0 bridgehead atoms. The zero-order chi connectivity index (χ0) is 11.8. The van der Waals surface area contributed by atoms with Crippen molar-refractivity contribution in [3.8, 4) is 0 Å². The Morgan fingerprint density at radius 2 is 1.94 bits per heavy atom. The molecule has 0 atom stereocenters. The second-order valence-electron chi connectivity index (χ2n) is 3.97. The van der Waals surface area contributed by atoms with E-state index < -0.39 is 0 Å². The lowest BCUT2D eigenvalue weighted by molar-refractivity contribution is 0.196. The minimum absolute atomic E-state index is 0.711. The summed E-state index contributed by atoms with van der Waals surface area (Å²) in [4.78, 5) is 2.24. The molecule has 2 N–H and O–H groups in total. The van der Waals surface area contributed by atoms with Gasteiger partial charge < -0.3 is 15.4 Å². The molecule has 0 aliphatic carbocycles. The van der Waals surface area contributed by atoms with Crippen molar-refractivity contribution in [3.63, 3.8) is 0 Å². The molecule has 0 aliphatic heterocycles. The van der Waals surface area contributed by atoms with E-state index in [0.29, 0.717) is 6.54 Å². The summed E-state index contributed by atoms with van der Waals surface area (Å²) >= 11 is 0. The zero-order valence-electron chi connectivity index (χ0n) is 10.3. The van der Waals surface area contributed by atoms with Crippen LogP contribution in [0.4, 0.5) is 5.69 Å². The second-order valence-corrected chi connectivity index (χ2v) is 3.97. The van der Waals surface area contributed by atoms with Gasteiger partial charge in [0, 0.05) is 33.0 Å². The maximum absolute atomic E-state index is 5.52. The summed E-state index contributed by atoms with van der Waals surface area (Å²) in [6.07, 6.45) is 2.01. The third-order valence-electron chi connectivity index (χ3n) is 2.65. The van der Waals surface area contributed by atoms with Gasteiger partial charge in [-0.1, -0.05) is 12.1 Å². The molecule has 0 aromatic heterocycles. The van der Waals surface area contributed by atoms with Crippen molar-refractivity contribution in [2.24, 2.45) is 5.73 Å². The standard InChI is InChI=1S/C13H22N2O/c1-15(10-3-11-16-2)13-6-4-12(5-7-13)8-9-14/h4-7H,3,8-11,14H2,1-2H3. The first kappa shape index (κ1) is 13.0. The van der Waals surface area contributed by atoms with Crippen LogP contribution in [0.2, 0.25) is 0 Å². The Morgan fingerprint density at radius 1 is 1.25 bits per heavy atom. The van der Waals surface area contributed by atoms with Crippen LogP contribution in [0.1, 0.15) is 12.0 Å². The van der Waals surface area contributed by atoms with Crippen LogP contribution >= 0.6 is 0 Å². The van der Waals surface area contributed by atoms with Crippen molar-refractivity contribution in [1.82, 2.24) is 0 Å². The van der Waals surface area contributed by atoms with E-state index in [1.54, 1.807) is 7.11 Å². The van der Waals surface area contributed by atoms with Gasteiger partial charge in [0.15, 0.2) is 0 Å². The Labute approximate surface area is 98.2 Å². The molecule has 1 aromatic carbocycles. The largest absolute Gasteiger partial charge is 0.385 e. The van der Waals surface area contributed by atoms with Crippen LogP contribution in [0.25, 0.3) is 0 Å². The highest BCUT2D eigenvalue weighted by Gasteiger charge is 2.00. The van der Waals surface area contributed by atoms with Crippen molar-refractivity contribution in [1.29, 1.82) is 0 Å². The molecule has 90 valence electrons. The number of hydrogen-bond donors (Lipinski definition) is 1. The van der Waals surface area contributed by atoms with Crippen LogP contribution in [-0.4, -0.2) is 33.9 Å². The Morgan fingerprint density at radius 3 is 2.50 bits per heavy atom. The van der Waals surface area contributed by atoms with E-state index in [0.717, 1.165) is 26.0 Å². The molecule has 3 nitrogen and oxygen atoms in total. The average molecular weight is 222 g/mol. The lowest BCUT2D eigenvalue weighted by atomic mass is 10.1. The number of nitrogens with zero attached hydrogens (tertiary/aromatic N) is 1. The van der Waals surface area contributed by atoms with Crippen molar-refractivity contribution in [3.05, 3.63) is 29.8 Å². The highest BCUT2D eigenvalue weighted by molar-refractivity contribution is 5.46. The number of nitrogens with two attached hydrogens (primary N) is 1. The molecular formula is C13H22N2O. The van der Waals surface area contributed by atoms with Crippen LogP contribution in [0.5, 0.6) is 0 Å². The molecule has 0 unspecified atom stereocenters. The maximum atomic E-state index is 5.52. The molecule has 0 spiro atoms. The Balaban J connectivity index is 2.46. The van der Waals surface area contributed by atoms with Crippen molar-refractivity contribution >= 4 is 5.69 Å². The third kappa shape index (κ3) is 4.21. The van der Waals surface area contributed by atoms with Crippen molar-refractivity contribution in [2.45, 2.75) is 12.8 Å². The number of methoxy groups -OCH3 is 1. The quantitative estimate of drug-likeness (QED) is 0.713. The lowest BCUT2D eigenvalue weighted by Crippen LogP contribution is -2.19. The number of ether oxygens (including phenoxy) is 1. The van der Waals surface area contributed by atoms with Gasteiger partial charge in [-0.3, -0.25) is 0 Å². The van der Waals surface area contributed by atoms with Crippen LogP contribution in [0.3, 0.4) is 0 Å². The highest BCUT2D eigenvalue weighted by atomic mass is 16.5. The van der Waals surface area contributed by atoms with Gasteiger partial charge in [-0.05, 0) is 37.1 Å². The van der Waals surface area contributed by atoms with Crippen LogP contribution in [0.15, 0.2) is 24.3 Å². The first-order valence-electron chi connectivity index (χ1n) is 5.77. The first-order valence-corrected chi connectivity index (χ1v) is 5.77. The van der Waals surface area contributed by atoms with E-state index in [-0.39, 0.29) is 0 Å². The summed E-state index contributed by atoms with van der Waals surface area (Å²) in [6.45, 7) is 2.54. The van der Waals surface area contributed by atoms with Gasteiger partial charge in [0.25, 0.3) is 0 Å². The fourth-order valence-corrected chi connectivity index (χ4v) is 1.66. The molecule has 0 radical (unpaired) electrons. The minimum Gasteiger partial charge on any atom is -0.385 e. The smallest absolute Gasteiger partial charge is 0.0479 e. The van der Waals surface area contributed by atoms with Crippen molar-refractivity contribution < 1.29 is 4.74 Å². The molecule has 1 rings (SSSR count). The van der Waals surface area contributed by atoms with Crippen LogP contribution in [0, 0.1) is 0 Å². The van der Waals surface area contributed by atoms with Crippen LogP contribution in [-0.2, 0) is 11.2 Å². The van der Waals surface area contributed by atoms with Crippen LogP contribution < -0.4 is 10.6 Å². The molecular weight excluding hydrogens is 200 g/mol. The monoisotopic (exact) mass is 222 g/mol. The van der Waals surface area contributed by atoms with Gasteiger partial charge in [-0.2, -0.15) is 0 Å². The summed E-state index contributed by atoms with van der Waals surface area (Å²) in [5, 5.41) is 0. The van der Waals surface area contributed by atoms with Gasteiger partial charge >= 0.3 is 0 Å². The predicted molar refractivity (Wildman–Crippen MR) is 69.0 cm³/mol.